The highest BCUT2D eigenvalue weighted by Crippen LogP contribution is 2.54. The fourth-order valence-electron chi connectivity index (χ4n) is 8.97. The van der Waals surface area contributed by atoms with Gasteiger partial charge in [-0.25, -0.2) is 10.3 Å². The Labute approximate surface area is 268 Å². The SMILES string of the molecule is CC1(C)c2ccccc2-c2cc3c(cc21)N([NH+]1C(C2=CCCc4c2sc2ccccc42)NC1c1ccccc1)C1C=CC=CC31. The zero-order valence-electron chi connectivity index (χ0n) is 25.6. The monoisotopic (exact) mass is 602 g/mol. The van der Waals surface area contributed by atoms with E-state index in [0.29, 0.717) is 5.92 Å². The minimum Gasteiger partial charge on any atom is -0.215 e. The van der Waals surface area contributed by atoms with Gasteiger partial charge in [0.05, 0.1) is 5.69 Å². The maximum absolute atomic E-state index is 4.10. The van der Waals surface area contributed by atoms with Crippen LogP contribution in [0, 0.1) is 0 Å². The number of allylic oxidation sites excluding steroid dienone is 3. The first-order chi connectivity index (χ1) is 22.1. The van der Waals surface area contributed by atoms with Crippen LogP contribution >= 0.6 is 11.3 Å². The van der Waals surface area contributed by atoms with Gasteiger partial charge in [0.2, 0.25) is 0 Å². The molecule has 5 atom stereocenters. The van der Waals surface area contributed by atoms with Crippen LogP contribution in [0.25, 0.3) is 26.8 Å². The summed E-state index contributed by atoms with van der Waals surface area (Å²) in [6.45, 7) is 4.80. The number of nitrogens with one attached hydrogen (secondary N) is 2. The zero-order valence-corrected chi connectivity index (χ0v) is 26.4. The van der Waals surface area contributed by atoms with Crippen molar-refractivity contribution in [2.45, 2.75) is 56.4 Å². The third-order valence-corrected chi connectivity index (χ3v) is 12.4. The molecular formula is C41H36N3S+. The second-order valence-corrected chi connectivity index (χ2v) is 14.8. The smallest absolute Gasteiger partial charge is 0.197 e. The van der Waals surface area contributed by atoms with Gasteiger partial charge in [0.1, 0.15) is 6.04 Å². The van der Waals surface area contributed by atoms with Gasteiger partial charge in [-0.05, 0) is 69.8 Å². The van der Waals surface area contributed by atoms with Crippen molar-refractivity contribution < 1.29 is 5.01 Å². The van der Waals surface area contributed by atoms with Crippen LogP contribution in [0.1, 0.15) is 65.0 Å². The standard InChI is InChI=1S/C41H35N3S/c1-41(2)33-20-9-6-15-26(33)31-23-32-27-16-7-10-21-35(27)43(36(32)24-34(31)41)44-39(25-13-4-3-5-14-25)42-40(44)30-19-12-18-29-28-17-8-11-22-37(28)45-38(29)30/h3-11,13-17,19-24,27,35,39-40,42H,12,18H2,1-2H3/p+1. The van der Waals surface area contributed by atoms with Crippen molar-refractivity contribution in [3.63, 3.8) is 0 Å². The lowest BCUT2D eigenvalue weighted by molar-refractivity contribution is -1.01. The molecule has 0 saturated carbocycles. The Morgan fingerprint density at radius 2 is 1.62 bits per heavy atom. The first-order valence-electron chi connectivity index (χ1n) is 16.4. The van der Waals surface area contributed by atoms with Crippen molar-refractivity contribution >= 4 is 32.7 Å². The highest BCUT2D eigenvalue weighted by molar-refractivity contribution is 7.20. The quantitative estimate of drug-likeness (QED) is 0.218. The molecule has 1 saturated heterocycles. The summed E-state index contributed by atoms with van der Waals surface area (Å²) < 4.78 is 1.40. The molecule has 45 heavy (non-hydrogen) atoms. The van der Waals surface area contributed by atoms with E-state index in [1.54, 1.807) is 0 Å². The summed E-state index contributed by atoms with van der Waals surface area (Å²) in [4.78, 5) is 1.48. The molecule has 10 rings (SSSR count). The van der Waals surface area contributed by atoms with E-state index in [4.69, 9.17) is 0 Å². The number of hydrogen-bond acceptors (Lipinski definition) is 3. The number of nitrogens with zero attached hydrogens (tertiary/aromatic N) is 1. The van der Waals surface area contributed by atoms with Gasteiger partial charge in [0, 0.05) is 32.0 Å². The normalized spacial score (nSPS) is 26.5. The topological polar surface area (TPSA) is 19.7 Å². The minimum absolute atomic E-state index is 0.0370. The van der Waals surface area contributed by atoms with Gasteiger partial charge in [-0.2, -0.15) is 5.01 Å². The van der Waals surface area contributed by atoms with Gasteiger partial charge in [0.25, 0.3) is 0 Å². The molecule has 2 aliphatic heterocycles. The summed E-state index contributed by atoms with van der Waals surface area (Å²) in [6.07, 6.45) is 14.5. The van der Waals surface area contributed by atoms with Crippen LogP contribution in [0.5, 0.6) is 0 Å². The van der Waals surface area contributed by atoms with E-state index in [1.807, 2.05) is 11.3 Å². The molecule has 3 nitrogen and oxygen atoms in total. The molecule has 5 aromatic rings. The molecule has 5 aliphatic rings. The summed E-state index contributed by atoms with van der Waals surface area (Å²) in [5.74, 6) is 0.330. The molecule has 3 heterocycles. The van der Waals surface area contributed by atoms with Crippen LogP contribution < -0.4 is 15.3 Å². The Hall–Kier alpha value is -4.22. The predicted molar refractivity (Wildman–Crippen MR) is 186 cm³/mol. The molecule has 4 heteroatoms. The zero-order chi connectivity index (χ0) is 29.9. The van der Waals surface area contributed by atoms with Crippen molar-refractivity contribution in [2.24, 2.45) is 0 Å². The maximum Gasteiger partial charge on any atom is 0.197 e. The molecule has 1 fully saturated rings. The summed E-state index contributed by atoms with van der Waals surface area (Å²) in [5.41, 5.74) is 12.8. The third kappa shape index (κ3) is 3.53. The van der Waals surface area contributed by atoms with Crippen LogP contribution in [-0.4, -0.2) is 12.2 Å². The Morgan fingerprint density at radius 3 is 2.53 bits per heavy atom. The van der Waals surface area contributed by atoms with Crippen molar-refractivity contribution in [3.8, 4) is 11.1 Å². The molecule has 0 spiro atoms. The van der Waals surface area contributed by atoms with Crippen molar-refractivity contribution in [1.82, 2.24) is 5.32 Å². The maximum atomic E-state index is 4.10. The van der Waals surface area contributed by atoms with Gasteiger partial charge in [-0.3, -0.25) is 0 Å². The number of anilines is 1. The Kier molecular flexibility index (Phi) is 5.44. The molecule has 220 valence electrons. The predicted octanol–water partition coefficient (Wildman–Crippen LogP) is 8.06. The van der Waals surface area contributed by atoms with Gasteiger partial charge < -0.3 is 0 Å². The van der Waals surface area contributed by atoms with E-state index < -0.39 is 0 Å². The highest BCUT2D eigenvalue weighted by Gasteiger charge is 2.56. The first kappa shape index (κ1) is 26.0. The second-order valence-electron chi connectivity index (χ2n) is 13.8. The number of thiophene rings is 1. The van der Waals surface area contributed by atoms with E-state index >= 15 is 0 Å². The summed E-state index contributed by atoms with van der Waals surface area (Å²) in [5, 5.41) is 9.78. The Balaban J connectivity index is 1.15. The van der Waals surface area contributed by atoms with Crippen LogP contribution in [0.4, 0.5) is 5.69 Å². The van der Waals surface area contributed by atoms with E-state index in [2.05, 4.69) is 146 Å². The lowest BCUT2D eigenvalue weighted by Crippen LogP contribution is -3.32. The lowest BCUT2D eigenvalue weighted by Gasteiger charge is -2.52. The van der Waals surface area contributed by atoms with Gasteiger partial charge in [-0.1, -0.05) is 117 Å². The molecular weight excluding hydrogens is 567 g/mol. The molecule has 4 aromatic carbocycles. The van der Waals surface area contributed by atoms with Crippen LogP contribution in [0.2, 0.25) is 0 Å². The average molecular weight is 603 g/mol. The van der Waals surface area contributed by atoms with Crippen LogP contribution in [-0.2, 0) is 11.8 Å². The molecule has 2 N–H and O–H groups in total. The number of rotatable bonds is 3. The molecule has 1 aromatic heterocycles. The largest absolute Gasteiger partial charge is 0.215 e. The van der Waals surface area contributed by atoms with Gasteiger partial charge in [-0.15, -0.1) is 11.3 Å². The average Bonchev–Trinajstić information content (AvgIpc) is 3.67. The lowest BCUT2D eigenvalue weighted by atomic mass is 9.81. The van der Waals surface area contributed by atoms with Crippen molar-refractivity contribution in [3.05, 3.63) is 154 Å². The molecule has 5 unspecified atom stereocenters. The molecule has 0 bridgehead atoms. The Morgan fingerprint density at radius 1 is 0.822 bits per heavy atom. The molecule has 3 aliphatic carbocycles. The van der Waals surface area contributed by atoms with Gasteiger partial charge >= 0.3 is 0 Å². The minimum atomic E-state index is -0.0370. The van der Waals surface area contributed by atoms with Crippen molar-refractivity contribution in [1.29, 1.82) is 0 Å². The van der Waals surface area contributed by atoms with Crippen molar-refractivity contribution in [2.75, 3.05) is 5.01 Å². The fourth-order valence-corrected chi connectivity index (χ4v) is 10.3. The molecule has 0 radical (unpaired) electrons. The number of hydrogen-bond donors (Lipinski definition) is 2. The van der Waals surface area contributed by atoms with E-state index in [1.165, 1.54) is 70.2 Å². The number of aryl methyl sites for hydroxylation is 1. The highest BCUT2D eigenvalue weighted by atomic mass is 32.1. The third-order valence-electron chi connectivity index (χ3n) is 11.1. The summed E-state index contributed by atoms with van der Waals surface area (Å²) in [6, 6.07) is 34.5. The van der Waals surface area contributed by atoms with Gasteiger partial charge in [0.15, 0.2) is 12.3 Å². The summed E-state index contributed by atoms with van der Waals surface area (Å²) >= 11 is 1.98. The summed E-state index contributed by atoms with van der Waals surface area (Å²) in [7, 11) is 0. The fraction of sp³-hybridized carbons (Fsp3) is 0.220. The van der Waals surface area contributed by atoms with Crippen LogP contribution in [0.3, 0.4) is 0 Å². The number of fused-ring (bicyclic) bond motifs is 9. The Bertz CT molecular complexity index is 2120. The number of quaternary nitrogens is 1. The van der Waals surface area contributed by atoms with E-state index in [9.17, 15) is 0 Å². The van der Waals surface area contributed by atoms with E-state index in [-0.39, 0.29) is 23.8 Å². The molecule has 0 amide bonds. The number of benzene rings is 4. The van der Waals surface area contributed by atoms with Crippen LogP contribution in [0.15, 0.2) is 121 Å². The second kappa shape index (κ2) is 9.40. The first-order valence-corrected chi connectivity index (χ1v) is 17.2. The van der Waals surface area contributed by atoms with E-state index in [0.717, 1.165) is 12.8 Å².